The van der Waals surface area contributed by atoms with E-state index in [0.29, 0.717) is 25.4 Å². The van der Waals surface area contributed by atoms with Gasteiger partial charge < -0.3 is 14.4 Å². The molecule has 20 heavy (non-hydrogen) atoms. The molecule has 1 aliphatic heterocycles. The maximum atomic E-state index is 10.9. The molecule has 0 spiro atoms. The maximum Gasteiger partial charge on any atom is 0.271 e. The standard InChI is InChI=1S/C14H18N2O4/c1-4-19-8-7-15-10-14(2,3)20-13-6-5-11(16(17)18)9-12(13)15/h4-6,9H,1,7-8,10H2,2-3H3. The maximum absolute atomic E-state index is 10.9. The lowest BCUT2D eigenvalue weighted by atomic mass is 10.0. The normalized spacial score (nSPS) is 16.0. The first kappa shape index (κ1) is 14.2. The van der Waals surface area contributed by atoms with Gasteiger partial charge in [0.2, 0.25) is 0 Å². The molecule has 0 aliphatic carbocycles. The second-order valence-corrected chi connectivity index (χ2v) is 5.23. The number of anilines is 1. The average molecular weight is 278 g/mol. The Kier molecular flexibility index (Phi) is 3.83. The topological polar surface area (TPSA) is 64.8 Å². The summed E-state index contributed by atoms with van der Waals surface area (Å²) in [7, 11) is 0. The summed E-state index contributed by atoms with van der Waals surface area (Å²) >= 11 is 0. The second-order valence-electron chi connectivity index (χ2n) is 5.23. The van der Waals surface area contributed by atoms with Gasteiger partial charge in [0, 0.05) is 12.1 Å². The van der Waals surface area contributed by atoms with E-state index in [0.717, 1.165) is 5.69 Å². The van der Waals surface area contributed by atoms with Crippen molar-refractivity contribution >= 4 is 11.4 Å². The van der Waals surface area contributed by atoms with Crippen LogP contribution < -0.4 is 9.64 Å². The molecule has 108 valence electrons. The van der Waals surface area contributed by atoms with E-state index >= 15 is 0 Å². The molecule has 0 aromatic heterocycles. The zero-order valence-corrected chi connectivity index (χ0v) is 11.7. The molecule has 0 bridgehead atoms. The van der Waals surface area contributed by atoms with Gasteiger partial charge in [-0.3, -0.25) is 10.1 Å². The molecule has 2 rings (SSSR count). The van der Waals surface area contributed by atoms with E-state index < -0.39 is 4.92 Å². The first-order valence-electron chi connectivity index (χ1n) is 6.38. The first-order chi connectivity index (χ1) is 9.43. The van der Waals surface area contributed by atoms with Gasteiger partial charge in [-0.05, 0) is 19.9 Å². The van der Waals surface area contributed by atoms with Crippen molar-refractivity contribution in [2.24, 2.45) is 0 Å². The van der Waals surface area contributed by atoms with Crippen molar-refractivity contribution in [2.75, 3.05) is 24.6 Å². The monoisotopic (exact) mass is 278 g/mol. The Morgan fingerprint density at radius 3 is 3.00 bits per heavy atom. The third kappa shape index (κ3) is 3.01. The zero-order chi connectivity index (χ0) is 14.8. The Hall–Kier alpha value is -2.24. The van der Waals surface area contributed by atoms with Gasteiger partial charge in [0.25, 0.3) is 5.69 Å². The highest BCUT2D eigenvalue weighted by Crippen LogP contribution is 2.39. The van der Waals surface area contributed by atoms with Gasteiger partial charge in [-0.25, -0.2) is 0 Å². The summed E-state index contributed by atoms with van der Waals surface area (Å²) in [5.74, 6) is 0.658. The first-order valence-corrected chi connectivity index (χ1v) is 6.38. The van der Waals surface area contributed by atoms with Gasteiger partial charge in [0.1, 0.15) is 18.0 Å². The summed E-state index contributed by atoms with van der Waals surface area (Å²) in [5.41, 5.74) is 0.435. The molecule has 0 saturated carbocycles. The van der Waals surface area contributed by atoms with Crippen LogP contribution in [0.4, 0.5) is 11.4 Å². The number of nitro groups is 1. The highest BCUT2D eigenvalue weighted by molar-refractivity contribution is 5.65. The smallest absolute Gasteiger partial charge is 0.271 e. The van der Waals surface area contributed by atoms with E-state index in [1.165, 1.54) is 12.3 Å². The van der Waals surface area contributed by atoms with E-state index in [-0.39, 0.29) is 11.3 Å². The molecule has 6 nitrogen and oxygen atoms in total. The number of benzene rings is 1. The molecule has 6 heteroatoms. The molecular formula is C14H18N2O4. The Balaban J connectivity index is 2.31. The van der Waals surface area contributed by atoms with Crippen molar-refractivity contribution in [1.82, 2.24) is 0 Å². The van der Waals surface area contributed by atoms with E-state index in [1.54, 1.807) is 12.1 Å². The number of nitrogens with zero attached hydrogens (tertiary/aromatic N) is 2. The molecule has 0 amide bonds. The SMILES string of the molecule is C=COCCN1CC(C)(C)Oc2ccc([N+](=O)[O-])cc21. The molecular weight excluding hydrogens is 260 g/mol. The van der Waals surface area contributed by atoms with Gasteiger partial charge in [-0.1, -0.05) is 6.58 Å². The van der Waals surface area contributed by atoms with Gasteiger partial charge in [-0.15, -0.1) is 0 Å². The second kappa shape index (κ2) is 5.40. The lowest BCUT2D eigenvalue weighted by molar-refractivity contribution is -0.384. The fraction of sp³-hybridized carbons (Fsp3) is 0.429. The highest BCUT2D eigenvalue weighted by atomic mass is 16.6. The van der Waals surface area contributed by atoms with Crippen LogP contribution in [0.25, 0.3) is 0 Å². The van der Waals surface area contributed by atoms with Gasteiger partial charge in [0.05, 0.1) is 30.0 Å². The predicted molar refractivity (Wildman–Crippen MR) is 76.2 cm³/mol. The molecule has 0 radical (unpaired) electrons. The number of ether oxygens (including phenoxy) is 2. The van der Waals surface area contributed by atoms with Crippen LogP contribution in [0.15, 0.2) is 31.0 Å². The fourth-order valence-corrected chi connectivity index (χ4v) is 2.27. The number of hydrogen-bond donors (Lipinski definition) is 0. The van der Waals surface area contributed by atoms with E-state index in [9.17, 15) is 10.1 Å². The largest absolute Gasteiger partial charge is 0.500 e. The minimum absolute atomic E-state index is 0.0571. The fourth-order valence-electron chi connectivity index (χ4n) is 2.27. The molecule has 1 aliphatic rings. The van der Waals surface area contributed by atoms with Crippen LogP contribution in [0, 0.1) is 10.1 Å². The highest BCUT2D eigenvalue weighted by Gasteiger charge is 2.32. The van der Waals surface area contributed by atoms with Crippen molar-refractivity contribution in [1.29, 1.82) is 0 Å². The summed E-state index contributed by atoms with van der Waals surface area (Å²) in [4.78, 5) is 12.5. The summed E-state index contributed by atoms with van der Waals surface area (Å²) in [6.45, 7) is 9.20. The van der Waals surface area contributed by atoms with Crippen molar-refractivity contribution in [2.45, 2.75) is 19.4 Å². The minimum atomic E-state index is -0.404. The molecule has 0 saturated heterocycles. The summed E-state index contributed by atoms with van der Waals surface area (Å²) < 4.78 is 11.0. The van der Waals surface area contributed by atoms with Gasteiger partial charge in [0.15, 0.2) is 0 Å². The third-order valence-corrected chi connectivity index (χ3v) is 3.05. The number of fused-ring (bicyclic) bond motifs is 1. The number of nitro benzene ring substituents is 1. The third-order valence-electron chi connectivity index (χ3n) is 3.05. The zero-order valence-electron chi connectivity index (χ0n) is 11.7. The molecule has 0 atom stereocenters. The molecule has 0 N–H and O–H groups in total. The van der Waals surface area contributed by atoms with Crippen molar-refractivity contribution < 1.29 is 14.4 Å². The van der Waals surface area contributed by atoms with Crippen molar-refractivity contribution in [3.63, 3.8) is 0 Å². The Morgan fingerprint density at radius 2 is 2.35 bits per heavy atom. The molecule has 1 aromatic carbocycles. The molecule has 1 heterocycles. The number of hydrogen-bond acceptors (Lipinski definition) is 5. The quantitative estimate of drug-likeness (QED) is 0.358. The Labute approximate surface area is 117 Å². The Morgan fingerprint density at radius 1 is 1.60 bits per heavy atom. The van der Waals surface area contributed by atoms with E-state index in [1.807, 2.05) is 18.7 Å². The van der Waals surface area contributed by atoms with Crippen molar-refractivity contribution in [3.05, 3.63) is 41.2 Å². The van der Waals surface area contributed by atoms with Gasteiger partial charge in [-0.2, -0.15) is 0 Å². The van der Waals surface area contributed by atoms with Crippen LogP contribution in [0.1, 0.15) is 13.8 Å². The minimum Gasteiger partial charge on any atom is -0.500 e. The van der Waals surface area contributed by atoms with Crippen LogP contribution in [-0.2, 0) is 4.74 Å². The number of non-ortho nitro benzene ring substituents is 1. The lowest BCUT2D eigenvalue weighted by Gasteiger charge is -2.40. The van der Waals surface area contributed by atoms with E-state index in [2.05, 4.69) is 6.58 Å². The van der Waals surface area contributed by atoms with Gasteiger partial charge >= 0.3 is 0 Å². The summed E-state index contributed by atoms with van der Waals surface area (Å²) in [5, 5.41) is 10.9. The Bertz CT molecular complexity index is 528. The van der Waals surface area contributed by atoms with Crippen LogP contribution >= 0.6 is 0 Å². The predicted octanol–water partition coefficient (Wildman–Crippen LogP) is 2.73. The van der Waals surface area contributed by atoms with Crippen LogP contribution in [0.2, 0.25) is 0 Å². The van der Waals surface area contributed by atoms with Crippen LogP contribution in [0.3, 0.4) is 0 Å². The van der Waals surface area contributed by atoms with Crippen LogP contribution in [-0.4, -0.2) is 30.2 Å². The molecule has 1 aromatic rings. The summed E-state index contributed by atoms with van der Waals surface area (Å²) in [6, 6.07) is 4.65. The lowest BCUT2D eigenvalue weighted by Crippen LogP contribution is -2.47. The van der Waals surface area contributed by atoms with Crippen molar-refractivity contribution in [3.8, 4) is 5.75 Å². The molecule has 0 unspecified atom stereocenters. The van der Waals surface area contributed by atoms with E-state index in [4.69, 9.17) is 9.47 Å². The molecule has 0 fully saturated rings. The average Bonchev–Trinajstić information content (AvgIpc) is 2.37. The number of rotatable bonds is 5. The summed E-state index contributed by atoms with van der Waals surface area (Å²) in [6.07, 6.45) is 1.39. The van der Waals surface area contributed by atoms with Crippen LogP contribution in [0.5, 0.6) is 5.75 Å².